The lowest BCUT2D eigenvalue weighted by Crippen LogP contribution is -2.40. The number of rotatable bonds is 5. The van der Waals surface area contributed by atoms with E-state index in [4.69, 9.17) is 9.47 Å². The summed E-state index contributed by atoms with van der Waals surface area (Å²) in [6.07, 6.45) is 4.60. The normalized spacial score (nSPS) is 23.9. The Labute approximate surface area is 143 Å². The lowest BCUT2D eigenvalue weighted by molar-refractivity contribution is -0.0968. The summed E-state index contributed by atoms with van der Waals surface area (Å²) < 4.78 is 13.6. The second-order valence-electron chi connectivity index (χ2n) is 7.53. The van der Waals surface area contributed by atoms with Gasteiger partial charge in [-0.05, 0) is 58.7 Å². The molecule has 0 unspecified atom stereocenters. The second-order valence-corrected chi connectivity index (χ2v) is 7.53. The van der Waals surface area contributed by atoms with Crippen molar-refractivity contribution in [3.63, 3.8) is 0 Å². The van der Waals surface area contributed by atoms with Gasteiger partial charge in [-0.1, -0.05) is 0 Å². The first kappa shape index (κ1) is 16.3. The van der Waals surface area contributed by atoms with E-state index in [0.717, 1.165) is 50.4 Å². The van der Waals surface area contributed by atoms with Crippen LogP contribution in [0, 0.1) is 19.8 Å². The highest BCUT2D eigenvalue weighted by Crippen LogP contribution is 2.38. The summed E-state index contributed by atoms with van der Waals surface area (Å²) in [5.41, 5.74) is 3.30. The Morgan fingerprint density at radius 2 is 1.79 bits per heavy atom. The lowest BCUT2D eigenvalue weighted by Gasteiger charge is -2.33. The molecule has 0 aromatic carbocycles. The van der Waals surface area contributed by atoms with E-state index in [0.29, 0.717) is 18.5 Å². The minimum Gasteiger partial charge on any atom is -0.350 e. The monoisotopic (exact) mass is 332 g/mol. The molecule has 0 spiro atoms. The zero-order valence-corrected chi connectivity index (χ0v) is 14.8. The van der Waals surface area contributed by atoms with Gasteiger partial charge in [-0.3, -0.25) is 9.69 Å². The number of aromatic nitrogens is 1. The Bertz CT molecular complexity index is 606. The van der Waals surface area contributed by atoms with Crippen LogP contribution in [0.1, 0.15) is 53.5 Å². The van der Waals surface area contributed by atoms with Crippen molar-refractivity contribution in [2.24, 2.45) is 5.92 Å². The topological polar surface area (TPSA) is 43.7 Å². The summed E-state index contributed by atoms with van der Waals surface area (Å²) >= 11 is 0. The molecule has 5 nitrogen and oxygen atoms in total. The Morgan fingerprint density at radius 1 is 1.12 bits per heavy atom. The molecule has 0 atom stereocenters. The lowest BCUT2D eigenvalue weighted by atomic mass is 9.96. The van der Waals surface area contributed by atoms with Gasteiger partial charge < -0.3 is 14.0 Å². The molecule has 1 aromatic rings. The number of aryl methyl sites for hydroxylation is 1. The Morgan fingerprint density at radius 3 is 2.42 bits per heavy atom. The highest BCUT2D eigenvalue weighted by Gasteiger charge is 2.32. The van der Waals surface area contributed by atoms with Crippen LogP contribution in [0.15, 0.2) is 6.07 Å². The number of carbonyl (C=O) groups excluding carboxylic acids is 1. The van der Waals surface area contributed by atoms with E-state index in [9.17, 15) is 4.79 Å². The van der Waals surface area contributed by atoms with Crippen LogP contribution < -0.4 is 0 Å². The van der Waals surface area contributed by atoms with Gasteiger partial charge in [0.1, 0.15) is 0 Å². The van der Waals surface area contributed by atoms with Crippen molar-refractivity contribution in [1.82, 2.24) is 9.47 Å². The molecule has 0 amide bonds. The van der Waals surface area contributed by atoms with E-state index in [2.05, 4.69) is 29.4 Å². The van der Waals surface area contributed by atoms with Crippen LogP contribution in [0.3, 0.4) is 0 Å². The average Bonchev–Trinajstić information content (AvgIpc) is 3.15. The first-order valence-corrected chi connectivity index (χ1v) is 9.30. The smallest absolute Gasteiger partial charge is 0.178 e. The Balaban J connectivity index is 1.34. The molecule has 2 aliphatic heterocycles. The van der Waals surface area contributed by atoms with Crippen LogP contribution in [-0.2, 0) is 9.47 Å². The molecule has 2 saturated heterocycles. The number of hydrogen-bond donors (Lipinski definition) is 0. The number of likely N-dealkylation sites (tertiary alicyclic amines) is 1. The fourth-order valence-electron chi connectivity index (χ4n) is 4.27. The van der Waals surface area contributed by atoms with Crippen molar-refractivity contribution in [2.45, 2.75) is 51.9 Å². The maximum absolute atomic E-state index is 12.8. The molecule has 0 bridgehead atoms. The fourth-order valence-corrected chi connectivity index (χ4v) is 4.27. The van der Waals surface area contributed by atoms with Gasteiger partial charge in [0, 0.05) is 28.9 Å². The molecule has 5 heteroatoms. The van der Waals surface area contributed by atoms with E-state index < -0.39 is 0 Å². The van der Waals surface area contributed by atoms with E-state index in [1.54, 1.807) is 0 Å². The molecule has 3 heterocycles. The number of nitrogens with zero attached hydrogens (tertiary/aromatic N) is 2. The zero-order valence-electron chi connectivity index (χ0n) is 14.8. The van der Waals surface area contributed by atoms with Crippen molar-refractivity contribution in [3.8, 4) is 0 Å². The average molecular weight is 332 g/mol. The van der Waals surface area contributed by atoms with Crippen molar-refractivity contribution < 1.29 is 14.3 Å². The van der Waals surface area contributed by atoms with Gasteiger partial charge >= 0.3 is 0 Å². The van der Waals surface area contributed by atoms with Crippen LogP contribution in [0.25, 0.3) is 0 Å². The molecular formula is C19H28N2O3. The largest absolute Gasteiger partial charge is 0.350 e. The predicted molar refractivity (Wildman–Crippen MR) is 91.4 cm³/mol. The maximum atomic E-state index is 12.8. The molecule has 1 aromatic heterocycles. The Hall–Kier alpha value is -1.17. The van der Waals surface area contributed by atoms with Crippen molar-refractivity contribution in [1.29, 1.82) is 0 Å². The van der Waals surface area contributed by atoms with E-state index in [1.165, 1.54) is 18.5 Å². The molecule has 3 fully saturated rings. The summed E-state index contributed by atoms with van der Waals surface area (Å²) in [6.45, 7) is 8.12. The van der Waals surface area contributed by atoms with Crippen molar-refractivity contribution >= 4 is 5.78 Å². The van der Waals surface area contributed by atoms with Crippen LogP contribution in [0.4, 0.5) is 0 Å². The predicted octanol–water partition coefficient (Wildman–Crippen LogP) is 2.71. The van der Waals surface area contributed by atoms with Crippen LogP contribution >= 0.6 is 0 Å². The minimum absolute atomic E-state index is 0.0136. The van der Waals surface area contributed by atoms with Gasteiger partial charge in [0.25, 0.3) is 0 Å². The first-order valence-electron chi connectivity index (χ1n) is 9.30. The summed E-state index contributed by atoms with van der Waals surface area (Å²) in [6, 6.07) is 2.72. The summed E-state index contributed by atoms with van der Waals surface area (Å²) in [7, 11) is 0. The van der Waals surface area contributed by atoms with Crippen LogP contribution in [0.5, 0.6) is 0 Å². The highest BCUT2D eigenvalue weighted by molar-refractivity contribution is 5.99. The van der Waals surface area contributed by atoms with Crippen molar-refractivity contribution in [3.05, 3.63) is 23.0 Å². The van der Waals surface area contributed by atoms with Crippen LogP contribution in [0.2, 0.25) is 0 Å². The van der Waals surface area contributed by atoms with Gasteiger partial charge in [0.15, 0.2) is 12.1 Å². The van der Waals surface area contributed by atoms with E-state index >= 15 is 0 Å². The third-order valence-corrected chi connectivity index (χ3v) is 5.73. The summed E-state index contributed by atoms with van der Waals surface area (Å²) in [4.78, 5) is 15.1. The standard InChI is InChI=1S/C19H28N2O3/c1-13-11-17(14(2)21(13)16-3-4-16)18(22)12-20-7-5-15(6-8-20)19-23-9-10-24-19/h11,15-16,19H,3-10,12H2,1-2H3. The third kappa shape index (κ3) is 3.17. The molecule has 0 N–H and O–H groups in total. The molecule has 1 aliphatic carbocycles. The Kier molecular flexibility index (Phi) is 4.50. The van der Waals surface area contributed by atoms with Crippen molar-refractivity contribution in [2.75, 3.05) is 32.8 Å². The number of ketones is 1. The van der Waals surface area contributed by atoms with E-state index in [-0.39, 0.29) is 12.1 Å². The molecular weight excluding hydrogens is 304 g/mol. The first-order chi connectivity index (χ1) is 11.6. The van der Waals surface area contributed by atoms with Gasteiger partial charge in [-0.15, -0.1) is 0 Å². The molecule has 4 rings (SSSR count). The number of Topliss-reactive ketones (excluding diaryl/α,β-unsaturated/α-hetero) is 1. The molecule has 1 saturated carbocycles. The molecule has 0 radical (unpaired) electrons. The van der Waals surface area contributed by atoms with Crippen LogP contribution in [-0.4, -0.2) is 54.4 Å². The summed E-state index contributed by atoms with van der Waals surface area (Å²) in [5, 5.41) is 0. The van der Waals surface area contributed by atoms with Gasteiger partial charge in [-0.25, -0.2) is 0 Å². The molecule has 132 valence electrons. The number of piperidine rings is 1. The fraction of sp³-hybridized carbons (Fsp3) is 0.737. The number of carbonyl (C=O) groups is 1. The van der Waals surface area contributed by atoms with E-state index in [1.807, 2.05) is 0 Å². The minimum atomic E-state index is -0.0136. The highest BCUT2D eigenvalue weighted by atomic mass is 16.7. The quantitative estimate of drug-likeness (QED) is 0.778. The SMILES string of the molecule is Cc1cc(C(=O)CN2CCC(C3OCCO3)CC2)c(C)n1C1CC1. The number of hydrogen-bond acceptors (Lipinski definition) is 4. The number of ether oxygens (including phenoxy) is 2. The maximum Gasteiger partial charge on any atom is 0.178 e. The van der Waals surface area contributed by atoms with Gasteiger partial charge in [0.05, 0.1) is 19.8 Å². The molecule has 3 aliphatic rings. The van der Waals surface area contributed by atoms with Gasteiger partial charge in [-0.2, -0.15) is 0 Å². The van der Waals surface area contributed by atoms with Gasteiger partial charge in [0.2, 0.25) is 0 Å². The zero-order chi connectivity index (χ0) is 16.7. The summed E-state index contributed by atoms with van der Waals surface area (Å²) in [5.74, 6) is 0.751. The molecule has 24 heavy (non-hydrogen) atoms. The second kappa shape index (κ2) is 6.62. The third-order valence-electron chi connectivity index (χ3n) is 5.73.